The monoisotopic (exact) mass is 469 g/mol. The Kier molecular flexibility index (Phi) is 8.84. The molecule has 33 heavy (non-hydrogen) atoms. The van der Waals surface area contributed by atoms with Gasteiger partial charge in [-0.1, -0.05) is 42.5 Å². The molecule has 0 saturated heterocycles. The molecule has 0 aliphatic rings. The lowest BCUT2D eigenvalue weighted by Crippen LogP contribution is -2.27. The molecule has 0 aliphatic heterocycles. The predicted molar refractivity (Wildman–Crippen MR) is 128 cm³/mol. The zero-order chi connectivity index (χ0) is 23.6. The summed E-state index contributed by atoms with van der Waals surface area (Å²) >= 11 is 6.01. The van der Waals surface area contributed by atoms with Gasteiger partial charge in [-0.05, 0) is 41.3 Å². The van der Waals surface area contributed by atoms with Gasteiger partial charge < -0.3 is 24.6 Å². The van der Waals surface area contributed by atoms with E-state index in [4.69, 9.17) is 25.8 Å². The van der Waals surface area contributed by atoms with E-state index < -0.39 is 0 Å². The molecule has 0 bridgehead atoms. The summed E-state index contributed by atoms with van der Waals surface area (Å²) in [4.78, 5) is 12.5. The van der Waals surface area contributed by atoms with Crippen LogP contribution in [-0.2, 0) is 30.1 Å². The van der Waals surface area contributed by atoms with Crippen molar-refractivity contribution in [3.8, 4) is 23.0 Å². The van der Waals surface area contributed by atoms with Crippen LogP contribution in [-0.4, -0.2) is 31.8 Å². The fraction of sp³-hybridized carbons (Fsp3) is 0.269. The van der Waals surface area contributed by atoms with Crippen LogP contribution in [0.3, 0.4) is 0 Å². The first-order valence-corrected chi connectivity index (χ1v) is 11.1. The molecule has 3 rings (SSSR count). The molecular formula is C26H28ClNO5. The Bertz CT molecular complexity index is 1070. The number of rotatable bonds is 11. The summed E-state index contributed by atoms with van der Waals surface area (Å²) in [5.41, 5.74) is 3.44. The molecule has 0 fully saturated rings. The number of phenolic OH excluding ortho intramolecular Hbond substituents is 1. The number of amides is 1. The van der Waals surface area contributed by atoms with Crippen LogP contribution in [0, 0.1) is 0 Å². The van der Waals surface area contributed by atoms with Crippen molar-refractivity contribution in [2.75, 3.05) is 20.8 Å². The van der Waals surface area contributed by atoms with Crippen molar-refractivity contribution in [3.63, 3.8) is 0 Å². The van der Waals surface area contributed by atoms with Crippen molar-refractivity contribution in [1.82, 2.24) is 5.32 Å². The number of methoxy groups -OCH3 is 2. The molecule has 0 aromatic heterocycles. The molecule has 7 heteroatoms. The van der Waals surface area contributed by atoms with Crippen LogP contribution in [0.5, 0.6) is 23.0 Å². The van der Waals surface area contributed by atoms with E-state index in [0.717, 1.165) is 16.7 Å². The summed E-state index contributed by atoms with van der Waals surface area (Å²) in [5.74, 6) is 1.63. The summed E-state index contributed by atoms with van der Waals surface area (Å²) in [5, 5.41) is 12.8. The van der Waals surface area contributed by atoms with Crippen molar-refractivity contribution < 1.29 is 24.1 Å². The number of halogens is 1. The van der Waals surface area contributed by atoms with E-state index in [2.05, 4.69) is 5.32 Å². The van der Waals surface area contributed by atoms with E-state index in [1.54, 1.807) is 13.2 Å². The van der Waals surface area contributed by atoms with Gasteiger partial charge in [0, 0.05) is 12.1 Å². The van der Waals surface area contributed by atoms with Crippen LogP contribution in [0.4, 0.5) is 0 Å². The van der Waals surface area contributed by atoms with Gasteiger partial charge in [-0.15, -0.1) is 11.6 Å². The molecule has 6 nitrogen and oxygen atoms in total. The first-order chi connectivity index (χ1) is 16.0. The Balaban J connectivity index is 1.54. The lowest BCUT2D eigenvalue weighted by Gasteiger charge is -2.14. The van der Waals surface area contributed by atoms with E-state index in [9.17, 15) is 9.90 Å². The molecule has 3 aromatic carbocycles. The third-order valence-corrected chi connectivity index (χ3v) is 5.49. The zero-order valence-corrected chi connectivity index (χ0v) is 19.5. The van der Waals surface area contributed by atoms with Gasteiger partial charge in [0.1, 0.15) is 6.61 Å². The molecule has 0 unspecified atom stereocenters. The summed E-state index contributed by atoms with van der Waals surface area (Å²) in [6.07, 6.45) is 0.788. The minimum Gasteiger partial charge on any atom is -0.504 e. The maximum atomic E-state index is 12.5. The normalized spacial score (nSPS) is 10.5. The molecule has 0 aliphatic carbocycles. The van der Waals surface area contributed by atoms with Crippen LogP contribution in [0.25, 0.3) is 0 Å². The molecule has 0 saturated carbocycles. The Morgan fingerprint density at radius 3 is 2.45 bits per heavy atom. The maximum Gasteiger partial charge on any atom is 0.224 e. The summed E-state index contributed by atoms with van der Waals surface area (Å²) in [7, 11) is 3.07. The smallest absolute Gasteiger partial charge is 0.224 e. The number of phenols is 1. The fourth-order valence-electron chi connectivity index (χ4n) is 3.50. The van der Waals surface area contributed by atoms with E-state index in [1.165, 1.54) is 13.2 Å². The standard InChI is InChI=1S/C26H28ClNO5/c1-31-24-14-18(8-11-23(24)33-17-19-6-4-3-5-7-19)12-13-28-25(30)15-20-9-10-22(29)26(32-2)21(20)16-27/h3-11,14,29H,12-13,15-17H2,1-2H3,(H,28,30). The molecule has 2 N–H and O–H groups in total. The Hall–Kier alpha value is -3.38. The highest BCUT2D eigenvalue weighted by molar-refractivity contribution is 6.17. The van der Waals surface area contributed by atoms with E-state index in [-0.39, 0.29) is 24.0 Å². The fourth-order valence-corrected chi connectivity index (χ4v) is 3.79. The number of carbonyl (C=O) groups excluding carboxylic acids is 1. The number of hydrogen-bond donors (Lipinski definition) is 2. The number of alkyl halides is 1. The SMILES string of the molecule is COc1cc(CCNC(=O)Cc2ccc(O)c(OC)c2CCl)ccc1OCc1ccccc1. The van der Waals surface area contributed by atoms with Gasteiger partial charge in [0.15, 0.2) is 23.0 Å². The van der Waals surface area contributed by atoms with Gasteiger partial charge in [0.2, 0.25) is 5.91 Å². The molecule has 0 atom stereocenters. The number of benzene rings is 3. The minimum atomic E-state index is -0.135. The predicted octanol–water partition coefficient (Wildman–Crippen LogP) is 4.63. The number of nitrogens with one attached hydrogen (secondary N) is 1. The highest BCUT2D eigenvalue weighted by Crippen LogP contribution is 2.34. The minimum absolute atomic E-state index is 0.00227. The molecular weight excluding hydrogens is 442 g/mol. The van der Waals surface area contributed by atoms with Crippen LogP contribution < -0.4 is 19.5 Å². The highest BCUT2D eigenvalue weighted by Gasteiger charge is 2.15. The number of hydrogen-bond acceptors (Lipinski definition) is 5. The first-order valence-electron chi connectivity index (χ1n) is 10.6. The number of ether oxygens (including phenoxy) is 3. The molecule has 1 amide bonds. The average molecular weight is 470 g/mol. The van der Waals surface area contributed by atoms with Crippen LogP contribution in [0.15, 0.2) is 60.7 Å². The van der Waals surface area contributed by atoms with Crippen molar-refractivity contribution in [3.05, 3.63) is 82.9 Å². The topological polar surface area (TPSA) is 77.0 Å². The molecule has 0 spiro atoms. The van der Waals surface area contributed by atoms with Crippen LogP contribution in [0.2, 0.25) is 0 Å². The highest BCUT2D eigenvalue weighted by atomic mass is 35.5. The second-order valence-electron chi connectivity index (χ2n) is 7.43. The summed E-state index contributed by atoms with van der Waals surface area (Å²) in [6, 6.07) is 18.9. The van der Waals surface area contributed by atoms with Crippen molar-refractivity contribution in [2.45, 2.75) is 25.3 Å². The Labute approximate surface area is 199 Å². The van der Waals surface area contributed by atoms with Gasteiger partial charge in [0.05, 0.1) is 26.5 Å². The number of carbonyl (C=O) groups is 1. The molecule has 0 heterocycles. The van der Waals surface area contributed by atoms with Gasteiger partial charge >= 0.3 is 0 Å². The van der Waals surface area contributed by atoms with Gasteiger partial charge in [0.25, 0.3) is 0 Å². The summed E-state index contributed by atoms with van der Waals surface area (Å²) in [6.45, 7) is 0.927. The second kappa shape index (κ2) is 12.0. The van der Waals surface area contributed by atoms with Crippen molar-refractivity contribution in [2.24, 2.45) is 0 Å². The van der Waals surface area contributed by atoms with E-state index in [1.807, 2.05) is 48.5 Å². The van der Waals surface area contributed by atoms with Gasteiger partial charge in [-0.2, -0.15) is 0 Å². The Morgan fingerprint density at radius 1 is 0.970 bits per heavy atom. The summed E-state index contributed by atoms with van der Waals surface area (Å²) < 4.78 is 16.6. The lowest BCUT2D eigenvalue weighted by atomic mass is 10.0. The third-order valence-electron chi connectivity index (χ3n) is 5.23. The third kappa shape index (κ3) is 6.56. The quantitative estimate of drug-likeness (QED) is 0.400. The van der Waals surface area contributed by atoms with Crippen LogP contribution in [0.1, 0.15) is 22.3 Å². The molecule has 0 radical (unpaired) electrons. The van der Waals surface area contributed by atoms with Gasteiger partial charge in [-0.3, -0.25) is 4.79 Å². The molecule has 3 aromatic rings. The van der Waals surface area contributed by atoms with Crippen molar-refractivity contribution >= 4 is 17.5 Å². The molecule has 174 valence electrons. The van der Waals surface area contributed by atoms with E-state index in [0.29, 0.717) is 42.4 Å². The van der Waals surface area contributed by atoms with Crippen LogP contribution >= 0.6 is 11.6 Å². The van der Waals surface area contributed by atoms with Gasteiger partial charge in [-0.25, -0.2) is 0 Å². The maximum absolute atomic E-state index is 12.5. The lowest BCUT2D eigenvalue weighted by molar-refractivity contribution is -0.120. The van der Waals surface area contributed by atoms with E-state index >= 15 is 0 Å². The average Bonchev–Trinajstić information content (AvgIpc) is 2.84. The Morgan fingerprint density at radius 2 is 1.76 bits per heavy atom. The first kappa shape index (κ1) is 24.3. The zero-order valence-electron chi connectivity index (χ0n) is 18.8. The second-order valence-corrected chi connectivity index (χ2v) is 7.69. The largest absolute Gasteiger partial charge is 0.504 e. The van der Waals surface area contributed by atoms with Crippen molar-refractivity contribution in [1.29, 1.82) is 0 Å². The number of aromatic hydroxyl groups is 1.